The molecule has 0 aromatic carbocycles. The van der Waals surface area contributed by atoms with Crippen molar-refractivity contribution in [2.24, 2.45) is 11.3 Å². The maximum Gasteiger partial charge on any atom is 0.330 e. The van der Waals surface area contributed by atoms with Crippen LogP contribution in [0, 0.1) is 11.3 Å². The number of fused-ring (bicyclic) bond motifs is 2. The van der Waals surface area contributed by atoms with Crippen molar-refractivity contribution in [2.75, 3.05) is 6.61 Å². The van der Waals surface area contributed by atoms with Gasteiger partial charge in [0.05, 0.1) is 6.61 Å². The first-order valence-electron chi connectivity index (χ1n) is 5.54. The molecule has 2 nitrogen and oxygen atoms in total. The highest BCUT2D eigenvalue weighted by Crippen LogP contribution is 2.54. The smallest absolute Gasteiger partial charge is 0.330 e. The standard InChI is InChI=1S/C12H18O2/c1-2-3-11(13)14-9-12-6-4-10(8-12)5-7-12/h2-3,10H,4-9H2,1H3/b3-2+. The average Bonchev–Trinajstić information content (AvgIpc) is 2.75. The van der Waals surface area contributed by atoms with Gasteiger partial charge in [0.2, 0.25) is 0 Å². The van der Waals surface area contributed by atoms with Crippen molar-refractivity contribution in [3.63, 3.8) is 0 Å². The van der Waals surface area contributed by atoms with Gasteiger partial charge >= 0.3 is 5.97 Å². The first-order chi connectivity index (χ1) is 6.74. The van der Waals surface area contributed by atoms with Crippen LogP contribution >= 0.6 is 0 Å². The van der Waals surface area contributed by atoms with E-state index in [1.54, 1.807) is 6.08 Å². The Kier molecular flexibility index (Phi) is 2.62. The minimum absolute atomic E-state index is 0.183. The summed E-state index contributed by atoms with van der Waals surface area (Å²) in [6.45, 7) is 2.48. The number of esters is 1. The van der Waals surface area contributed by atoms with Crippen molar-refractivity contribution in [2.45, 2.75) is 39.0 Å². The highest BCUT2D eigenvalue weighted by molar-refractivity contribution is 5.81. The Balaban J connectivity index is 1.83. The average molecular weight is 194 g/mol. The van der Waals surface area contributed by atoms with Crippen LogP contribution in [0.15, 0.2) is 12.2 Å². The van der Waals surface area contributed by atoms with Crippen molar-refractivity contribution in [3.8, 4) is 0 Å². The van der Waals surface area contributed by atoms with Gasteiger partial charge < -0.3 is 4.74 Å². The fraction of sp³-hybridized carbons (Fsp3) is 0.750. The van der Waals surface area contributed by atoms with E-state index in [-0.39, 0.29) is 5.97 Å². The molecule has 0 atom stereocenters. The summed E-state index contributed by atoms with van der Waals surface area (Å²) in [7, 11) is 0. The molecule has 2 fully saturated rings. The molecule has 2 bridgehead atoms. The van der Waals surface area contributed by atoms with Crippen LogP contribution in [-0.2, 0) is 9.53 Å². The Labute approximate surface area is 85.3 Å². The summed E-state index contributed by atoms with van der Waals surface area (Å²) in [5.74, 6) is 0.743. The maximum atomic E-state index is 11.2. The molecule has 0 saturated heterocycles. The third-order valence-electron chi connectivity index (χ3n) is 3.71. The van der Waals surface area contributed by atoms with E-state index in [1.165, 1.54) is 38.2 Å². The van der Waals surface area contributed by atoms with E-state index in [4.69, 9.17) is 4.74 Å². The fourth-order valence-corrected chi connectivity index (χ4v) is 2.92. The Bertz CT molecular complexity index is 247. The zero-order valence-electron chi connectivity index (χ0n) is 8.79. The van der Waals surface area contributed by atoms with Crippen LogP contribution < -0.4 is 0 Å². The van der Waals surface area contributed by atoms with Gasteiger partial charge in [0, 0.05) is 11.5 Å². The normalized spacial score (nSPS) is 35.4. The van der Waals surface area contributed by atoms with Crippen LogP contribution in [0.1, 0.15) is 39.0 Å². The van der Waals surface area contributed by atoms with Crippen LogP contribution in [0.25, 0.3) is 0 Å². The first kappa shape index (κ1) is 9.75. The fourth-order valence-electron chi connectivity index (χ4n) is 2.92. The Morgan fingerprint density at radius 3 is 2.71 bits per heavy atom. The van der Waals surface area contributed by atoms with E-state index in [0.717, 1.165) is 5.92 Å². The molecule has 0 aromatic heterocycles. The minimum Gasteiger partial charge on any atom is -0.462 e. The quantitative estimate of drug-likeness (QED) is 0.510. The second-order valence-corrected chi connectivity index (χ2v) is 4.76. The molecule has 2 saturated carbocycles. The SMILES string of the molecule is C/C=C/C(=O)OCC12CCC(CC1)C2. The number of rotatable bonds is 3. The summed E-state index contributed by atoms with van der Waals surface area (Å²) in [6.07, 6.45) is 9.74. The van der Waals surface area contributed by atoms with Gasteiger partial charge in [-0.1, -0.05) is 6.08 Å². The van der Waals surface area contributed by atoms with E-state index in [1.807, 2.05) is 6.92 Å². The molecule has 0 aromatic rings. The van der Waals surface area contributed by atoms with Gasteiger partial charge in [0.1, 0.15) is 0 Å². The Morgan fingerprint density at radius 2 is 2.21 bits per heavy atom. The zero-order chi connectivity index (χ0) is 10.0. The molecule has 2 heteroatoms. The van der Waals surface area contributed by atoms with Gasteiger partial charge in [-0.3, -0.25) is 0 Å². The van der Waals surface area contributed by atoms with Gasteiger partial charge in [-0.25, -0.2) is 4.79 Å². The third-order valence-corrected chi connectivity index (χ3v) is 3.71. The molecule has 2 rings (SSSR count). The van der Waals surface area contributed by atoms with Gasteiger partial charge in [-0.05, 0) is 44.9 Å². The van der Waals surface area contributed by atoms with Gasteiger partial charge in [-0.15, -0.1) is 0 Å². The molecule has 2 aliphatic carbocycles. The lowest BCUT2D eigenvalue weighted by atomic mass is 9.85. The molecule has 0 spiro atoms. The van der Waals surface area contributed by atoms with Crippen molar-refractivity contribution in [1.29, 1.82) is 0 Å². The second kappa shape index (κ2) is 3.76. The van der Waals surface area contributed by atoms with Crippen molar-refractivity contribution < 1.29 is 9.53 Å². The number of ether oxygens (including phenoxy) is 1. The monoisotopic (exact) mass is 194 g/mol. The lowest BCUT2D eigenvalue weighted by Crippen LogP contribution is -2.23. The van der Waals surface area contributed by atoms with Crippen molar-refractivity contribution >= 4 is 5.97 Å². The summed E-state index contributed by atoms with van der Waals surface area (Å²) in [6, 6.07) is 0. The first-order valence-corrected chi connectivity index (χ1v) is 5.54. The van der Waals surface area contributed by atoms with Crippen molar-refractivity contribution in [3.05, 3.63) is 12.2 Å². The predicted octanol–water partition coefficient (Wildman–Crippen LogP) is 2.69. The molecule has 0 heterocycles. The van der Waals surface area contributed by atoms with Crippen LogP contribution in [-0.4, -0.2) is 12.6 Å². The number of hydrogen-bond acceptors (Lipinski definition) is 2. The summed E-state index contributed by atoms with van der Waals surface area (Å²) in [4.78, 5) is 11.2. The molecule has 78 valence electrons. The number of carbonyl (C=O) groups is 1. The summed E-state index contributed by atoms with van der Waals surface area (Å²) < 4.78 is 5.26. The van der Waals surface area contributed by atoms with Gasteiger partial charge in [0.25, 0.3) is 0 Å². The number of allylic oxidation sites excluding steroid dienone is 1. The van der Waals surface area contributed by atoms with Crippen LogP contribution in [0.2, 0.25) is 0 Å². The second-order valence-electron chi connectivity index (χ2n) is 4.76. The molecule has 0 aliphatic heterocycles. The Morgan fingerprint density at radius 1 is 1.50 bits per heavy atom. The maximum absolute atomic E-state index is 11.2. The highest BCUT2D eigenvalue weighted by atomic mass is 16.5. The predicted molar refractivity (Wildman–Crippen MR) is 54.8 cm³/mol. The molecular weight excluding hydrogens is 176 g/mol. The summed E-state index contributed by atoms with van der Waals surface area (Å²) in [5.41, 5.74) is 0.363. The molecule has 0 amide bonds. The molecule has 2 aliphatic rings. The zero-order valence-corrected chi connectivity index (χ0v) is 8.79. The van der Waals surface area contributed by atoms with Crippen LogP contribution in [0.4, 0.5) is 0 Å². The van der Waals surface area contributed by atoms with Crippen molar-refractivity contribution in [1.82, 2.24) is 0 Å². The molecular formula is C12H18O2. The van der Waals surface area contributed by atoms with E-state index in [9.17, 15) is 4.79 Å². The van der Waals surface area contributed by atoms with Crippen LogP contribution in [0.5, 0.6) is 0 Å². The number of carbonyl (C=O) groups excluding carboxylic acids is 1. The lowest BCUT2D eigenvalue weighted by Gasteiger charge is -2.25. The van der Waals surface area contributed by atoms with Crippen LogP contribution in [0.3, 0.4) is 0 Å². The summed E-state index contributed by atoms with van der Waals surface area (Å²) in [5, 5.41) is 0. The Hall–Kier alpha value is -0.790. The van der Waals surface area contributed by atoms with E-state index < -0.39 is 0 Å². The van der Waals surface area contributed by atoms with Gasteiger partial charge in [-0.2, -0.15) is 0 Å². The lowest BCUT2D eigenvalue weighted by molar-refractivity contribution is -0.141. The minimum atomic E-state index is -0.183. The topological polar surface area (TPSA) is 26.3 Å². The third kappa shape index (κ3) is 1.84. The number of hydrogen-bond donors (Lipinski definition) is 0. The highest BCUT2D eigenvalue weighted by Gasteiger charge is 2.45. The molecule has 14 heavy (non-hydrogen) atoms. The molecule has 0 radical (unpaired) electrons. The van der Waals surface area contributed by atoms with E-state index in [2.05, 4.69) is 0 Å². The largest absolute Gasteiger partial charge is 0.462 e. The van der Waals surface area contributed by atoms with Gasteiger partial charge in [0.15, 0.2) is 0 Å². The molecule has 0 N–H and O–H groups in total. The van der Waals surface area contributed by atoms with E-state index >= 15 is 0 Å². The molecule has 0 unspecified atom stereocenters. The summed E-state index contributed by atoms with van der Waals surface area (Å²) >= 11 is 0. The van der Waals surface area contributed by atoms with E-state index in [0.29, 0.717) is 12.0 Å².